The van der Waals surface area contributed by atoms with E-state index < -0.39 is 0 Å². The maximum atomic E-state index is 9.21. The molecular weight excluding hydrogens is 216 g/mol. The molecule has 0 aliphatic heterocycles. The Bertz CT molecular complexity index is 559. The van der Waals surface area contributed by atoms with Gasteiger partial charge < -0.3 is 10.0 Å². The fraction of sp³-hybridized carbons (Fsp3) is 0.0833. The second kappa shape index (κ2) is 4.49. The summed E-state index contributed by atoms with van der Waals surface area (Å²) in [6, 6.07) is 10.3. The molecule has 1 N–H and O–H groups in total. The van der Waals surface area contributed by atoms with E-state index in [1.165, 1.54) is 6.20 Å². The van der Waals surface area contributed by atoms with E-state index in [9.17, 15) is 5.11 Å². The first-order valence-electron chi connectivity index (χ1n) is 4.97. The third-order valence-electron chi connectivity index (χ3n) is 2.38. The Kier molecular flexibility index (Phi) is 2.88. The van der Waals surface area contributed by atoms with Crippen molar-refractivity contribution >= 4 is 11.5 Å². The van der Waals surface area contributed by atoms with Crippen LogP contribution in [0, 0.1) is 11.3 Å². The fourth-order valence-corrected chi connectivity index (χ4v) is 1.46. The SMILES string of the molecule is CN(c1ccc(O)cc1)c1nnccc1C#N. The maximum absolute atomic E-state index is 9.21. The van der Waals surface area contributed by atoms with Gasteiger partial charge in [0.25, 0.3) is 0 Å². The molecule has 84 valence electrons. The van der Waals surface area contributed by atoms with Gasteiger partial charge in [0.15, 0.2) is 5.82 Å². The summed E-state index contributed by atoms with van der Waals surface area (Å²) < 4.78 is 0. The lowest BCUT2D eigenvalue weighted by Crippen LogP contribution is -2.13. The monoisotopic (exact) mass is 226 g/mol. The molecule has 0 fully saturated rings. The summed E-state index contributed by atoms with van der Waals surface area (Å²) >= 11 is 0. The van der Waals surface area contributed by atoms with Crippen LogP contribution in [0.2, 0.25) is 0 Å². The van der Waals surface area contributed by atoms with E-state index >= 15 is 0 Å². The number of hydrogen-bond donors (Lipinski definition) is 1. The molecule has 0 spiro atoms. The minimum absolute atomic E-state index is 0.196. The predicted octanol–water partition coefficient (Wildman–Crippen LogP) is 1.82. The Morgan fingerprint density at radius 1 is 1.24 bits per heavy atom. The minimum Gasteiger partial charge on any atom is -0.508 e. The summed E-state index contributed by atoms with van der Waals surface area (Å²) in [5.74, 6) is 0.683. The number of hydrogen-bond acceptors (Lipinski definition) is 5. The Morgan fingerprint density at radius 2 is 1.94 bits per heavy atom. The Balaban J connectivity index is 2.40. The van der Waals surface area contributed by atoms with Crippen LogP contribution in [0.15, 0.2) is 36.5 Å². The Morgan fingerprint density at radius 3 is 2.59 bits per heavy atom. The molecule has 0 aliphatic rings. The quantitative estimate of drug-likeness (QED) is 0.845. The van der Waals surface area contributed by atoms with Crippen LogP contribution in [-0.2, 0) is 0 Å². The molecule has 0 radical (unpaired) electrons. The van der Waals surface area contributed by atoms with Gasteiger partial charge in [0.05, 0.1) is 11.8 Å². The van der Waals surface area contributed by atoms with Crippen molar-refractivity contribution in [2.24, 2.45) is 0 Å². The van der Waals surface area contributed by atoms with Gasteiger partial charge in [-0.2, -0.15) is 10.4 Å². The highest BCUT2D eigenvalue weighted by Crippen LogP contribution is 2.25. The van der Waals surface area contributed by atoms with Crippen molar-refractivity contribution in [2.75, 3.05) is 11.9 Å². The standard InChI is InChI=1S/C12H10N4O/c1-16(10-2-4-11(17)5-3-10)12-9(8-13)6-7-14-15-12/h2-7,17H,1H3. The lowest BCUT2D eigenvalue weighted by Gasteiger charge is -2.18. The van der Waals surface area contributed by atoms with E-state index in [1.54, 1.807) is 42.3 Å². The normalized spacial score (nSPS) is 9.65. The number of anilines is 2. The highest BCUT2D eigenvalue weighted by Gasteiger charge is 2.10. The molecule has 17 heavy (non-hydrogen) atoms. The van der Waals surface area contributed by atoms with Gasteiger partial charge in [-0.1, -0.05) is 0 Å². The zero-order valence-corrected chi connectivity index (χ0v) is 9.20. The summed E-state index contributed by atoms with van der Waals surface area (Å²) in [6.07, 6.45) is 1.48. The van der Waals surface area contributed by atoms with E-state index in [-0.39, 0.29) is 5.75 Å². The summed E-state index contributed by atoms with van der Waals surface area (Å²) in [5, 5.41) is 25.9. The third-order valence-corrected chi connectivity index (χ3v) is 2.38. The van der Waals surface area contributed by atoms with Gasteiger partial charge in [-0.25, -0.2) is 0 Å². The van der Waals surface area contributed by atoms with Crippen molar-refractivity contribution in [3.05, 3.63) is 42.1 Å². The van der Waals surface area contributed by atoms with Crippen molar-refractivity contribution in [1.29, 1.82) is 5.26 Å². The van der Waals surface area contributed by atoms with Crippen LogP contribution in [0.3, 0.4) is 0 Å². The van der Waals surface area contributed by atoms with Crippen molar-refractivity contribution in [3.63, 3.8) is 0 Å². The topological polar surface area (TPSA) is 73.0 Å². The van der Waals surface area contributed by atoms with Crippen molar-refractivity contribution in [1.82, 2.24) is 10.2 Å². The van der Waals surface area contributed by atoms with E-state index in [1.807, 2.05) is 0 Å². The predicted molar refractivity (Wildman–Crippen MR) is 62.9 cm³/mol. The number of phenols is 1. The highest BCUT2D eigenvalue weighted by molar-refractivity contribution is 5.64. The van der Waals surface area contributed by atoms with E-state index in [2.05, 4.69) is 16.3 Å². The van der Waals surface area contributed by atoms with Crippen LogP contribution >= 0.6 is 0 Å². The summed E-state index contributed by atoms with van der Waals surface area (Å²) in [4.78, 5) is 1.74. The lowest BCUT2D eigenvalue weighted by molar-refractivity contribution is 0.475. The number of nitriles is 1. The van der Waals surface area contributed by atoms with Gasteiger partial charge in [-0.3, -0.25) is 0 Å². The molecule has 1 aromatic carbocycles. The first-order valence-corrected chi connectivity index (χ1v) is 4.97. The van der Waals surface area contributed by atoms with Crippen LogP contribution in [0.25, 0.3) is 0 Å². The molecule has 0 aliphatic carbocycles. The van der Waals surface area contributed by atoms with Gasteiger partial charge in [-0.15, -0.1) is 5.10 Å². The minimum atomic E-state index is 0.196. The molecule has 0 atom stereocenters. The lowest BCUT2D eigenvalue weighted by atomic mass is 10.2. The van der Waals surface area contributed by atoms with Crippen LogP contribution in [-0.4, -0.2) is 22.4 Å². The van der Waals surface area contributed by atoms with Gasteiger partial charge in [0, 0.05) is 12.7 Å². The van der Waals surface area contributed by atoms with Crippen molar-refractivity contribution in [3.8, 4) is 11.8 Å². The first-order chi connectivity index (χ1) is 8.22. The smallest absolute Gasteiger partial charge is 0.173 e. The number of aromatic nitrogens is 2. The molecular formula is C12H10N4O. The molecule has 5 heteroatoms. The van der Waals surface area contributed by atoms with Crippen LogP contribution in [0.4, 0.5) is 11.5 Å². The van der Waals surface area contributed by atoms with E-state index in [0.717, 1.165) is 5.69 Å². The number of phenolic OH excluding ortho intramolecular Hbond substituents is 1. The number of aromatic hydroxyl groups is 1. The second-order valence-electron chi connectivity index (χ2n) is 3.46. The number of nitrogens with zero attached hydrogens (tertiary/aromatic N) is 4. The molecule has 2 rings (SSSR count). The third kappa shape index (κ3) is 2.16. The van der Waals surface area contributed by atoms with Crippen LogP contribution < -0.4 is 4.90 Å². The summed E-state index contributed by atoms with van der Waals surface area (Å²) in [6.45, 7) is 0. The number of rotatable bonds is 2. The van der Waals surface area contributed by atoms with Gasteiger partial charge in [0.2, 0.25) is 0 Å². The molecule has 0 saturated carbocycles. The first kappa shape index (κ1) is 10.9. The summed E-state index contributed by atoms with van der Waals surface area (Å²) in [7, 11) is 1.79. The van der Waals surface area contributed by atoms with Crippen LogP contribution in [0.5, 0.6) is 5.75 Å². The van der Waals surface area contributed by atoms with E-state index in [0.29, 0.717) is 11.4 Å². The molecule has 0 bridgehead atoms. The molecule has 0 unspecified atom stereocenters. The fourth-order valence-electron chi connectivity index (χ4n) is 1.46. The number of benzene rings is 1. The molecule has 1 aromatic heterocycles. The van der Waals surface area contributed by atoms with Crippen molar-refractivity contribution < 1.29 is 5.11 Å². The van der Waals surface area contributed by atoms with Gasteiger partial charge in [-0.05, 0) is 30.3 Å². The largest absolute Gasteiger partial charge is 0.508 e. The Hall–Kier alpha value is -2.61. The maximum Gasteiger partial charge on any atom is 0.173 e. The highest BCUT2D eigenvalue weighted by atomic mass is 16.3. The average Bonchev–Trinajstić information content (AvgIpc) is 2.39. The average molecular weight is 226 g/mol. The Labute approximate surface area is 98.6 Å². The zero-order chi connectivity index (χ0) is 12.3. The molecule has 0 amide bonds. The second-order valence-corrected chi connectivity index (χ2v) is 3.46. The molecule has 5 nitrogen and oxygen atoms in total. The van der Waals surface area contributed by atoms with Gasteiger partial charge >= 0.3 is 0 Å². The summed E-state index contributed by atoms with van der Waals surface area (Å²) in [5.41, 5.74) is 1.27. The van der Waals surface area contributed by atoms with E-state index in [4.69, 9.17) is 5.26 Å². The van der Waals surface area contributed by atoms with Gasteiger partial charge in [0.1, 0.15) is 11.8 Å². The molecule has 2 aromatic rings. The zero-order valence-electron chi connectivity index (χ0n) is 9.20. The van der Waals surface area contributed by atoms with Crippen molar-refractivity contribution in [2.45, 2.75) is 0 Å². The van der Waals surface area contributed by atoms with Crippen LogP contribution in [0.1, 0.15) is 5.56 Å². The molecule has 0 saturated heterocycles. The molecule has 1 heterocycles.